The van der Waals surface area contributed by atoms with Gasteiger partial charge in [-0.3, -0.25) is 4.79 Å². The van der Waals surface area contributed by atoms with E-state index in [1.165, 1.54) is 12.1 Å². The van der Waals surface area contributed by atoms with Gasteiger partial charge in [0.1, 0.15) is 6.61 Å². The van der Waals surface area contributed by atoms with Crippen LogP contribution in [0.5, 0.6) is 0 Å². The van der Waals surface area contributed by atoms with Crippen molar-refractivity contribution in [3.8, 4) is 5.69 Å². The number of benzene rings is 2. The molecule has 1 heterocycles. The van der Waals surface area contributed by atoms with E-state index in [2.05, 4.69) is 30.9 Å². The molecule has 0 aliphatic carbocycles. The van der Waals surface area contributed by atoms with Gasteiger partial charge < -0.3 is 15.4 Å². The molecule has 0 spiro atoms. The third-order valence-corrected chi connectivity index (χ3v) is 3.91. The van der Waals surface area contributed by atoms with E-state index in [0.717, 1.165) is 5.69 Å². The van der Waals surface area contributed by atoms with Crippen molar-refractivity contribution in [2.24, 2.45) is 0 Å². The van der Waals surface area contributed by atoms with Gasteiger partial charge in [0.2, 0.25) is 5.95 Å². The molecule has 2 N–H and O–H groups in total. The highest BCUT2D eigenvalue weighted by Gasteiger charge is 2.27. The molecule has 0 bridgehead atoms. The number of carbonyl (C=O) groups is 1. The first kappa shape index (κ1) is 21.2. The van der Waals surface area contributed by atoms with Crippen LogP contribution in [0.3, 0.4) is 0 Å². The van der Waals surface area contributed by atoms with Crippen molar-refractivity contribution < 1.29 is 22.7 Å². The zero-order valence-electron chi connectivity index (χ0n) is 15.8. The monoisotopic (exact) mass is 420 g/mol. The third kappa shape index (κ3) is 6.27. The van der Waals surface area contributed by atoms with Crippen molar-refractivity contribution in [3.05, 3.63) is 65.7 Å². The van der Waals surface area contributed by atoms with Crippen molar-refractivity contribution in [1.29, 1.82) is 0 Å². The van der Waals surface area contributed by atoms with E-state index < -0.39 is 12.8 Å². The van der Waals surface area contributed by atoms with Crippen molar-refractivity contribution in [1.82, 2.24) is 25.5 Å². The minimum absolute atomic E-state index is 0.179. The topological polar surface area (TPSA) is 94.0 Å². The summed E-state index contributed by atoms with van der Waals surface area (Å²) in [7, 11) is 0. The van der Waals surface area contributed by atoms with Crippen LogP contribution < -0.4 is 10.6 Å². The lowest BCUT2D eigenvalue weighted by molar-refractivity contribution is -0.176. The summed E-state index contributed by atoms with van der Waals surface area (Å²) in [5, 5.41) is 17.3. The fourth-order valence-electron chi connectivity index (χ4n) is 2.53. The van der Waals surface area contributed by atoms with Gasteiger partial charge in [-0.2, -0.15) is 17.9 Å². The fraction of sp³-hybridized carbons (Fsp3) is 0.263. The van der Waals surface area contributed by atoms with E-state index in [1.807, 2.05) is 30.3 Å². The normalized spacial score (nSPS) is 11.3. The predicted octanol–water partition coefficient (Wildman–Crippen LogP) is 2.58. The summed E-state index contributed by atoms with van der Waals surface area (Å²) in [6, 6.07) is 15.5. The minimum atomic E-state index is -4.36. The number of nitrogens with zero attached hydrogens (tertiary/aromatic N) is 4. The quantitative estimate of drug-likeness (QED) is 0.517. The Morgan fingerprint density at radius 3 is 2.47 bits per heavy atom. The molecule has 0 fully saturated rings. The average molecular weight is 420 g/mol. The average Bonchev–Trinajstić information content (AvgIpc) is 3.20. The number of carbonyl (C=O) groups excluding carboxylic acids is 1. The van der Waals surface area contributed by atoms with Gasteiger partial charge in [-0.15, -0.1) is 0 Å². The molecule has 0 unspecified atom stereocenters. The number of hydrogen-bond acceptors (Lipinski definition) is 6. The Bertz CT molecular complexity index is 945. The Hall–Kier alpha value is -3.47. The zero-order chi connectivity index (χ0) is 21.4. The smallest absolute Gasteiger partial charge is 0.367 e. The maximum absolute atomic E-state index is 12.2. The Morgan fingerprint density at radius 1 is 1.03 bits per heavy atom. The van der Waals surface area contributed by atoms with Gasteiger partial charge in [0.25, 0.3) is 5.91 Å². The van der Waals surface area contributed by atoms with Crippen LogP contribution >= 0.6 is 0 Å². The molecule has 11 heteroatoms. The summed E-state index contributed by atoms with van der Waals surface area (Å²) >= 11 is 0. The number of tetrazole rings is 1. The summed E-state index contributed by atoms with van der Waals surface area (Å²) in [5.74, 6) is 0.140. The molecule has 2 aromatic carbocycles. The van der Waals surface area contributed by atoms with Crippen LogP contribution in [0, 0.1) is 0 Å². The fourth-order valence-corrected chi connectivity index (χ4v) is 2.53. The molecule has 158 valence electrons. The second-order valence-electron chi connectivity index (χ2n) is 6.24. The van der Waals surface area contributed by atoms with Crippen LogP contribution in [0.4, 0.5) is 19.1 Å². The Kier molecular flexibility index (Phi) is 6.96. The number of hydrogen-bond donors (Lipinski definition) is 2. The second kappa shape index (κ2) is 9.83. The molecule has 0 aliphatic heterocycles. The molecule has 1 amide bonds. The SMILES string of the molecule is O=C(NCCNc1nnnn1-c1ccccc1)c1ccc(COCC(F)(F)F)cc1. The Labute approximate surface area is 170 Å². The summed E-state index contributed by atoms with van der Waals surface area (Å²) in [6.45, 7) is -0.781. The van der Waals surface area contributed by atoms with E-state index in [1.54, 1.807) is 16.8 Å². The lowest BCUT2D eigenvalue weighted by Gasteiger charge is -2.09. The third-order valence-electron chi connectivity index (χ3n) is 3.91. The van der Waals surface area contributed by atoms with Gasteiger partial charge in [0.05, 0.1) is 12.3 Å². The Morgan fingerprint density at radius 2 is 1.77 bits per heavy atom. The molecule has 3 aromatic rings. The number of anilines is 1. The maximum Gasteiger partial charge on any atom is 0.411 e. The number of alkyl halides is 3. The summed E-state index contributed by atoms with van der Waals surface area (Å²) in [5.41, 5.74) is 1.74. The van der Waals surface area contributed by atoms with Crippen molar-refractivity contribution in [2.45, 2.75) is 12.8 Å². The van der Waals surface area contributed by atoms with E-state index in [0.29, 0.717) is 30.2 Å². The van der Waals surface area contributed by atoms with Crippen LogP contribution in [0.2, 0.25) is 0 Å². The molecule has 0 radical (unpaired) electrons. The number of para-hydroxylation sites is 1. The molecule has 8 nitrogen and oxygen atoms in total. The predicted molar refractivity (Wildman–Crippen MR) is 102 cm³/mol. The highest BCUT2D eigenvalue weighted by atomic mass is 19.4. The number of nitrogens with one attached hydrogen (secondary N) is 2. The number of ether oxygens (including phenoxy) is 1. The van der Waals surface area contributed by atoms with E-state index in [-0.39, 0.29) is 12.5 Å². The Balaban J connectivity index is 1.43. The molecule has 1 aromatic heterocycles. The van der Waals surface area contributed by atoms with Crippen molar-refractivity contribution >= 4 is 11.9 Å². The van der Waals surface area contributed by atoms with E-state index >= 15 is 0 Å². The summed E-state index contributed by atoms with van der Waals surface area (Å²) in [6.07, 6.45) is -4.36. The standard InChI is InChI=1S/C19H19F3N6O2/c20-19(21,22)13-30-12-14-6-8-15(9-7-14)17(29)23-10-11-24-18-25-26-27-28(18)16-4-2-1-3-5-16/h1-9H,10-13H2,(H,23,29)(H,24,25,27). The minimum Gasteiger partial charge on any atom is -0.367 e. The lowest BCUT2D eigenvalue weighted by Crippen LogP contribution is -2.29. The first-order valence-electron chi connectivity index (χ1n) is 9.02. The number of amides is 1. The van der Waals surface area contributed by atoms with Crippen molar-refractivity contribution in [2.75, 3.05) is 25.0 Å². The van der Waals surface area contributed by atoms with E-state index in [9.17, 15) is 18.0 Å². The molecular formula is C19H19F3N6O2. The van der Waals surface area contributed by atoms with Gasteiger partial charge in [-0.25, -0.2) is 0 Å². The molecule has 0 aliphatic rings. The van der Waals surface area contributed by atoms with Crippen LogP contribution in [0.1, 0.15) is 15.9 Å². The lowest BCUT2D eigenvalue weighted by atomic mass is 10.1. The molecule has 0 saturated heterocycles. The first-order valence-corrected chi connectivity index (χ1v) is 9.02. The highest BCUT2D eigenvalue weighted by molar-refractivity contribution is 5.94. The number of rotatable bonds is 9. The van der Waals surface area contributed by atoms with Crippen LogP contribution in [0.25, 0.3) is 5.69 Å². The van der Waals surface area contributed by atoms with E-state index in [4.69, 9.17) is 0 Å². The maximum atomic E-state index is 12.2. The van der Waals surface area contributed by atoms with Crippen molar-refractivity contribution in [3.63, 3.8) is 0 Å². The van der Waals surface area contributed by atoms with Crippen LogP contribution in [-0.2, 0) is 11.3 Å². The van der Waals surface area contributed by atoms with Gasteiger partial charge in [-0.05, 0) is 40.3 Å². The highest BCUT2D eigenvalue weighted by Crippen LogP contribution is 2.16. The molecule has 3 rings (SSSR count). The van der Waals surface area contributed by atoms with Gasteiger partial charge in [0, 0.05) is 18.7 Å². The zero-order valence-corrected chi connectivity index (χ0v) is 15.8. The van der Waals surface area contributed by atoms with Crippen LogP contribution in [0.15, 0.2) is 54.6 Å². The molecule has 30 heavy (non-hydrogen) atoms. The first-order chi connectivity index (χ1) is 14.4. The number of halogens is 3. The number of aromatic nitrogens is 4. The van der Waals surface area contributed by atoms with Gasteiger partial charge in [-0.1, -0.05) is 35.4 Å². The molecule has 0 atom stereocenters. The van der Waals surface area contributed by atoms with Gasteiger partial charge in [0.15, 0.2) is 0 Å². The molecule has 0 saturated carbocycles. The second-order valence-corrected chi connectivity index (χ2v) is 6.24. The molecular weight excluding hydrogens is 401 g/mol. The largest absolute Gasteiger partial charge is 0.411 e. The van der Waals surface area contributed by atoms with Gasteiger partial charge >= 0.3 is 6.18 Å². The summed E-state index contributed by atoms with van der Waals surface area (Å²) in [4.78, 5) is 12.2. The summed E-state index contributed by atoms with van der Waals surface area (Å²) < 4.78 is 42.4. The van der Waals surface area contributed by atoms with Crippen LogP contribution in [-0.4, -0.2) is 52.0 Å².